The summed E-state index contributed by atoms with van der Waals surface area (Å²) in [4.78, 5) is 12.7. The van der Waals surface area contributed by atoms with Crippen LogP contribution in [0.3, 0.4) is 0 Å². The Morgan fingerprint density at radius 1 is 1.35 bits per heavy atom. The molecule has 0 aliphatic rings. The fraction of sp³-hybridized carbons (Fsp3) is 0.364. The van der Waals surface area contributed by atoms with Gasteiger partial charge in [-0.15, -0.1) is 11.3 Å². The molecule has 6 heteroatoms. The highest BCUT2D eigenvalue weighted by Gasteiger charge is 2.02. The molecule has 2 aromatic rings. The summed E-state index contributed by atoms with van der Waals surface area (Å²) in [6, 6.07) is 0. The number of rotatable bonds is 5. The molecule has 2 N–H and O–H groups in total. The van der Waals surface area contributed by atoms with Crippen LogP contribution in [0.4, 0.5) is 11.8 Å². The number of thiazole rings is 1. The van der Waals surface area contributed by atoms with Crippen LogP contribution in [0.1, 0.15) is 10.6 Å². The van der Waals surface area contributed by atoms with E-state index >= 15 is 0 Å². The third kappa shape index (κ3) is 3.13. The second-order valence-electron chi connectivity index (χ2n) is 3.58. The molecular weight excluding hydrogens is 234 g/mol. The van der Waals surface area contributed by atoms with E-state index in [9.17, 15) is 0 Å². The van der Waals surface area contributed by atoms with Crippen molar-refractivity contribution in [1.29, 1.82) is 0 Å². The Balaban J connectivity index is 1.94. The van der Waals surface area contributed by atoms with Crippen LogP contribution in [0.5, 0.6) is 0 Å². The Labute approximate surface area is 104 Å². The van der Waals surface area contributed by atoms with Crippen LogP contribution in [0.15, 0.2) is 17.8 Å². The molecule has 0 aliphatic carbocycles. The van der Waals surface area contributed by atoms with Crippen molar-refractivity contribution in [2.75, 3.05) is 24.2 Å². The second-order valence-corrected chi connectivity index (χ2v) is 4.56. The number of aryl methyl sites for hydroxylation is 1. The first-order valence-corrected chi connectivity index (χ1v) is 6.31. The summed E-state index contributed by atoms with van der Waals surface area (Å²) in [5.41, 5.74) is 1.04. The van der Waals surface area contributed by atoms with Gasteiger partial charge in [-0.3, -0.25) is 0 Å². The van der Waals surface area contributed by atoms with E-state index in [1.165, 1.54) is 0 Å². The zero-order valence-electron chi connectivity index (χ0n) is 9.90. The Morgan fingerprint density at radius 2 is 2.24 bits per heavy atom. The van der Waals surface area contributed by atoms with E-state index in [0.717, 1.165) is 29.4 Å². The number of nitrogens with zero attached hydrogens (tertiary/aromatic N) is 3. The molecule has 0 saturated carbocycles. The van der Waals surface area contributed by atoms with Gasteiger partial charge in [0.2, 0.25) is 5.95 Å². The topological polar surface area (TPSA) is 62.7 Å². The second kappa shape index (κ2) is 5.58. The van der Waals surface area contributed by atoms with Gasteiger partial charge in [-0.05, 0) is 6.92 Å². The summed E-state index contributed by atoms with van der Waals surface area (Å²) in [6.45, 7) is 2.82. The third-order valence-electron chi connectivity index (χ3n) is 2.31. The fourth-order valence-corrected chi connectivity index (χ4v) is 2.03. The van der Waals surface area contributed by atoms with Gasteiger partial charge in [0.15, 0.2) is 0 Å². The molecule has 90 valence electrons. The first-order chi connectivity index (χ1) is 8.29. The van der Waals surface area contributed by atoms with Crippen LogP contribution in [0.2, 0.25) is 0 Å². The van der Waals surface area contributed by atoms with E-state index in [4.69, 9.17) is 0 Å². The molecular formula is C11H15N5S. The van der Waals surface area contributed by atoms with Gasteiger partial charge in [-0.25, -0.2) is 9.97 Å². The van der Waals surface area contributed by atoms with E-state index in [0.29, 0.717) is 5.95 Å². The lowest BCUT2D eigenvalue weighted by Crippen LogP contribution is -2.09. The van der Waals surface area contributed by atoms with Crippen molar-refractivity contribution in [3.8, 4) is 0 Å². The molecule has 0 saturated heterocycles. The molecule has 17 heavy (non-hydrogen) atoms. The maximum atomic E-state index is 4.36. The molecule has 0 fully saturated rings. The van der Waals surface area contributed by atoms with Gasteiger partial charge < -0.3 is 10.6 Å². The first kappa shape index (κ1) is 11.8. The quantitative estimate of drug-likeness (QED) is 0.848. The Kier molecular flexibility index (Phi) is 3.87. The van der Waals surface area contributed by atoms with Gasteiger partial charge in [0.25, 0.3) is 0 Å². The molecule has 2 aromatic heterocycles. The zero-order chi connectivity index (χ0) is 12.1. The Hall–Kier alpha value is -1.69. The summed E-state index contributed by atoms with van der Waals surface area (Å²) in [5.74, 6) is 1.51. The third-order valence-corrected chi connectivity index (χ3v) is 3.15. The lowest BCUT2D eigenvalue weighted by molar-refractivity contribution is 0.977. The number of hydrogen-bond acceptors (Lipinski definition) is 6. The molecule has 0 aliphatic heterocycles. The van der Waals surface area contributed by atoms with E-state index in [2.05, 4.69) is 25.6 Å². The van der Waals surface area contributed by atoms with E-state index < -0.39 is 0 Å². The van der Waals surface area contributed by atoms with Crippen molar-refractivity contribution < 1.29 is 0 Å². The number of aromatic nitrogens is 3. The van der Waals surface area contributed by atoms with E-state index in [-0.39, 0.29) is 0 Å². The zero-order valence-corrected chi connectivity index (χ0v) is 10.7. The minimum atomic E-state index is 0.632. The van der Waals surface area contributed by atoms with Gasteiger partial charge in [0.05, 0.1) is 5.01 Å². The van der Waals surface area contributed by atoms with Gasteiger partial charge in [0, 0.05) is 43.4 Å². The lowest BCUT2D eigenvalue weighted by atomic mass is 10.3. The molecule has 2 rings (SSSR count). The average Bonchev–Trinajstić information content (AvgIpc) is 2.84. The number of anilines is 2. The highest BCUT2D eigenvalue weighted by Crippen LogP contribution is 2.12. The van der Waals surface area contributed by atoms with Crippen LogP contribution in [-0.4, -0.2) is 28.5 Å². The standard InChI is InChI=1S/C11H15N5S/c1-8-7-15-11(12-2)16-10(8)14-4-3-9-13-5-6-17-9/h5-7H,3-4H2,1-2H3,(H2,12,14,15,16). The van der Waals surface area contributed by atoms with Crippen molar-refractivity contribution >= 4 is 23.1 Å². The monoisotopic (exact) mass is 249 g/mol. The molecule has 0 spiro atoms. The van der Waals surface area contributed by atoms with Gasteiger partial charge in [-0.2, -0.15) is 4.98 Å². The molecule has 0 amide bonds. The van der Waals surface area contributed by atoms with Gasteiger partial charge in [0.1, 0.15) is 5.82 Å². The molecule has 5 nitrogen and oxygen atoms in total. The minimum absolute atomic E-state index is 0.632. The average molecular weight is 249 g/mol. The number of hydrogen-bond donors (Lipinski definition) is 2. The normalized spacial score (nSPS) is 10.2. The molecule has 2 heterocycles. The molecule has 0 bridgehead atoms. The summed E-state index contributed by atoms with van der Waals surface area (Å²) in [7, 11) is 1.81. The fourth-order valence-electron chi connectivity index (χ4n) is 1.41. The predicted molar refractivity (Wildman–Crippen MR) is 70.6 cm³/mol. The molecule has 0 atom stereocenters. The van der Waals surface area contributed by atoms with Crippen LogP contribution in [-0.2, 0) is 6.42 Å². The number of nitrogens with one attached hydrogen (secondary N) is 2. The summed E-state index contributed by atoms with van der Waals surface area (Å²) in [6.07, 6.45) is 4.55. The highest BCUT2D eigenvalue weighted by molar-refractivity contribution is 7.09. The maximum Gasteiger partial charge on any atom is 0.224 e. The van der Waals surface area contributed by atoms with E-state index in [1.54, 1.807) is 11.3 Å². The molecule has 0 aromatic carbocycles. The summed E-state index contributed by atoms with van der Waals surface area (Å²) in [5, 5.41) is 9.36. The predicted octanol–water partition coefficient (Wildman–Crippen LogP) is 1.94. The SMILES string of the molecule is CNc1ncc(C)c(NCCc2nccs2)n1. The Bertz CT molecular complexity index is 469. The van der Waals surface area contributed by atoms with Crippen molar-refractivity contribution in [1.82, 2.24) is 15.0 Å². The van der Waals surface area contributed by atoms with Crippen LogP contribution < -0.4 is 10.6 Å². The first-order valence-electron chi connectivity index (χ1n) is 5.43. The lowest BCUT2D eigenvalue weighted by Gasteiger charge is -2.08. The van der Waals surface area contributed by atoms with Crippen LogP contribution in [0, 0.1) is 6.92 Å². The largest absolute Gasteiger partial charge is 0.369 e. The van der Waals surface area contributed by atoms with Gasteiger partial charge in [-0.1, -0.05) is 0 Å². The van der Waals surface area contributed by atoms with Crippen molar-refractivity contribution in [2.24, 2.45) is 0 Å². The summed E-state index contributed by atoms with van der Waals surface area (Å²) >= 11 is 1.67. The van der Waals surface area contributed by atoms with Gasteiger partial charge >= 0.3 is 0 Å². The molecule has 0 radical (unpaired) electrons. The van der Waals surface area contributed by atoms with Crippen LogP contribution in [0.25, 0.3) is 0 Å². The molecule has 0 unspecified atom stereocenters. The maximum absolute atomic E-state index is 4.36. The van der Waals surface area contributed by atoms with Crippen LogP contribution >= 0.6 is 11.3 Å². The summed E-state index contributed by atoms with van der Waals surface area (Å²) < 4.78 is 0. The van der Waals surface area contributed by atoms with Crippen molar-refractivity contribution in [3.05, 3.63) is 28.3 Å². The van der Waals surface area contributed by atoms with E-state index in [1.807, 2.05) is 31.7 Å². The van der Waals surface area contributed by atoms with Crippen molar-refractivity contribution in [2.45, 2.75) is 13.3 Å². The highest BCUT2D eigenvalue weighted by atomic mass is 32.1. The Morgan fingerprint density at radius 3 is 2.94 bits per heavy atom. The minimum Gasteiger partial charge on any atom is -0.369 e. The smallest absolute Gasteiger partial charge is 0.224 e. The van der Waals surface area contributed by atoms with Crippen molar-refractivity contribution in [3.63, 3.8) is 0 Å².